The summed E-state index contributed by atoms with van der Waals surface area (Å²) in [6.07, 6.45) is 1.84. The summed E-state index contributed by atoms with van der Waals surface area (Å²) in [5.41, 5.74) is 0.357. The normalized spacial score (nSPS) is 17.8. The van der Waals surface area contributed by atoms with Crippen molar-refractivity contribution < 1.29 is 13.9 Å². The molecular formula is C11H13F2NO. The first kappa shape index (κ1) is 10.5. The number of nitrogens with one attached hydrogen (secondary N) is 1. The van der Waals surface area contributed by atoms with Crippen molar-refractivity contribution in [3.05, 3.63) is 35.4 Å². The Morgan fingerprint density at radius 1 is 1.20 bits per heavy atom. The summed E-state index contributed by atoms with van der Waals surface area (Å²) in [5, 5.41) is 12.1. The van der Waals surface area contributed by atoms with Crippen LogP contribution in [0.4, 0.5) is 8.78 Å². The molecule has 0 radical (unpaired) electrons. The summed E-state index contributed by atoms with van der Waals surface area (Å²) in [4.78, 5) is 0. The van der Waals surface area contributed by atoms with E-state index in [4.69, 9.17) is 5.11 Å². The second kappa shape index (κ2) is 3.87. The summed E-state index contributed by atoms with van der Waals surface area (Å²) < 4.78 is 25.7. The Morgan fingerprint density at radius 2 is 1.80 bits per heavy atom. The lowest BCUT2D eigenvalue weighted by Gasteiger charge is -2.14. The average Bonchev–Trinajstić information content (AvgIpc) is 2.94. The maximum Gasteiger partial charge on any atom is 0.126 e. The van der Waals surface area contributed by atoms with E-state index in [9.17, 15) is 8.78 Å². The van der Waals surface area contributed by atoms with Crippen molar-refractivity contribution in [3.63, 3.8) is 0 Å². The lowest BCUT2D eigenvalue weighted by molar-refractivity contribution is 0.229. The molecule has 1 aliphatic rings. The number of benzene rings is 1. The molecule has 0 heterocycles. The molecule has 0 spiro atoms. The van der Waals surface area contributed by atoms with Crippen LogP contribution in [-0.4, -0.2) is 17.3 Å². The van der Waals surface area contributed by atoms with E-state index >= 15 is 0 Å². The molecule has 4 heteroatoms. The fraction of sp³-hybridized carbons (Fsp3) is 0.455. The van der Waals surface area contributed by atoms with Gasteiger partial charge in [0.25, 0.3) is 0 Å². The van der Waals surface area contributed by atoms with Crippen molar-refractivity contribution in [2.75, 3.05) is 6.61 Å². The smallest absolute Gasteiger partial charge is 0.126 e. The van der Waals surface area contributed by atoms with Crippen LogP contribution in [0.25, 0.3) is 0 Å². The first-order valence-corrected chi connectivity index (χ1v) is 4.94. The Morgan fingerprint density at radius 3 is 2.27 bits per heavy atom. The molecule has 1 aliphatic carbocycles. The lowest BCUT2D eigenvalue weighted by Crippen LogP contribution is -2.34. The Labute approximate surface area is 86.9 Å². The average molecular weight is 213 g/mol. The predicted octanol–water partition coefficient (Wildman–Crippen LogP) is 1.58. The molecule has 0 atom stereocenters. The standard InChI is InChI=1S/C11H13F2NO/c12-9-3-8(4-10(13)5-9)6-14-11(7-15)1-2-11/h3-5,14-15H,1-2,6-7H2. The molecular weight excluding hydrogens is 200 g/mol. The zero-order valence-electron chi connectivity index (χ0n) is 8.26. The Kier molecular flexibility index (Phi) is 2.71. The van der Waals surface area contributed by atoms with Crippen LogP contribution in [0.2, 0.25) is 0 Å². The number of halogens is 2. The quantitative estimate of drug-likeness (QED) is 0.795. The Balaban J connectivity index is 1.99. The van der Waals surface area contributed by atoms with Crippen LogP contribution in [0.15, 0.2) is 18.2 Å². The second-order valence-electron chi connectivity index (χ2n) is 4.07. The van der Waals surface area contributed by atoms with E-state index in [-0.39, 0.29) is 12.1 Å². The highest BCUT2D eigenvalue weighted by Crippen LogP contribution is 2.34. The molecule has 0 unspecified atom stereocenters. The van der Waals surface area contributed by atoms with Crippen molar-refractivity contribution in [3.8, 4) is 0 Å². The second-order valence-corrected chi connectivity index (χ2v) is 4.07. The van der Waals surface area contributed by atoms with Crippen molar-refractivity contribution in [1.29, 1.82) is 0 Å². The number of hydrogen-bond donors (Lipinski definition) is 2. The Bertz CT molecular complexity index is 343. The van der Waals surface area contributed by atoms with Crippen molar-refractivity contribution >= 4 is 0 Å². The van der Waals surface area contributed by atoms with Gasteiger partial charge in [0.15, 0.2) is 0 Å². The third-order valence-corrected chi connectivity index (χ3v) is 2.75. The molecule has 0 aliphatic heterocycles. The van der Waals surface area contributed by atoms with Crippen LogP contribution in [0, 0.1) is 11.6 Å². The van der Waals surface area contributed by atoms with Gasteiger partial charge in [-0.1, -0.05) is 0 Å². The number of rotatable bonds is 4. The molecule has 1 aromatic carbocycles. The zero-order chi connectivity index (χ0) is 10.9. The van der Waals surface area contributed by atoms with Crippen LogP contribution < -0.4 is 5.32 Å². The highest BCUT2D eigenvalue weighted by atomic mass is 19.1. The van der Waals surface area contributed by atoms with Crippen LogP contribution in [0.5, 0.6) is 0 Å². The van der Waals surface area contributed by atoms with Gasteiger partial charge in [-0.2, -0.15) is 0 Å². The summed E-state index contributed by atoms with van der Waals surface area (Å²) >= 11 is 0. The monoisotopic (exact) mass is 213 g/mol. The molecule has 2 rings (SSSR count). The van der Waals surface area contributed by atoms with Crippen molar-refractivity contribution in [1.82, 2.24) is 5.32 Å². The molecule has 82 valence electrons. The fourth-order valence-corrected chi connectivity index (χ4v) is 1.54. The van der Waals surface area contributed by atoms with Gasteiger partial charge in [-0.25, -0.2) is 8.78 Å². The number of aliphatic hydroxyl groups is 1. The fourth-order valence-electron chi connectivity index (χ4n) is 1.54. The molecule has 0 amide bonds. The molecule has 0 aromatic heterocycles. The van der Waals surface area contributed by atoms with E-state index in [1.165, 1.54) is 12.1 Å². The lowest BCUT2D eigenvalue weighted by atomic mass is 10.2. The van der Waals surface area contributed by atoms with Crippen LogP contribution in [-0.2, 0) is 6.54 Å². The number of aliphatic hydroxyl groups excluding tert-OH is 1. The van der Waals surface area contributed by atoms with E-state index in [0.29, 0.717) is 12.1 Å². The molecule has 15 heavy (non-hydrogen) atoms. The van der Waals surface area contributed by atoms with Crippen LogP contribution in [0.1, 0.15) is 18.4 Å². The molecule has 0 bridgehead atoms. The molecule has 0 saturated heterocycles. The highest BCUT2D eigenvalue weighted by molar-refractivity contribution is 5.18. The van der Waals surface area contributed by atoms with E-state index < -0.39 is 11.6 Å². The van der Waals surface area contributed by atoms with Crippen LogP contribution >= 0.6 is 0 Å². The highest BCUT2D eigenvalue weighted by Gasteiger charge is 2.41. The first-order valence-electron chi connectivity index (χ1n) is 4.94. The third-order valence-electron chi connectivity index (χ3n) is 2.75. The summed E-state index contributed by atoms with van der Waals surface area (Å²) in [7, 11) is 0. The molecule has 2 N–H and O–H groups in total. The van der Waals surface area contributed by atoms with E-state index in [0.717, 1.165) is 18.9 Å². The minimum atomic E-state index is -0.569. The topological polar surface area (TPSA) is 32.3 Å². The third kappa shape index (κ3) is 2.52. The predicted molar refractivity (Wildman–Crippen MR) is 52.2 cm³/mol. The minimum absolute atomic E-state index is 0.0742. The summed E-state index contributed by atoms with van der Waals surface area (Å²) in [5.74, 6) is -1.14. The maximum atomic E-state index is 12.8. The van der Waals surface area contributed by atoms with E-state index in [1.807, 2.05) is 0 Å². The van der Waals surface area contributed by atoms with Crippen LogP contribution in [0.3, 0.4) is 0 Å². The summed E-state index contributed by atoms with van der Waals surface area (Å²) in [6, 6.07) is 3.44. The molecule has 1 saturated carbocycles. The molecule has 1 aromatic rings. The summed E-state index contributed by atoms with van der Waals surface area (Å²) in [6.45, 7) is 0.458. The van der Waals surface area contributed by atoms with Gasteiger partial charge in [0, 0.05) is 18.2 Å². The van der Waals surface area contributed by atoms with Gasteiger partial charge in [0.2, 0.25) is 0 Å². The minimum Gasteiger partial charge on any atom is -0.394 e. The van der Waals surface area contributed by atoms with E-state index in [2.05, 4.69) is 5.32 Å². The van der Waals surface area contributed by atoms with E-state index in [1.54, 1.807) is 0 Å². The molecule has 2 nitrogen and oxygen atoms in total. The van der Waals surface area contributed by atoms with Crippen molar-refractivity contribution in [2.45, 2.75) is 24.9 Å². The Hall–Kier alpha value is -1.00. The first-order chi connectivity index (χ1) is 7.13. The van der Waals surface area contributed by atoms with Gasteiger partial charge in [0.05, 0.1) is 6.61 Å². The number of hydrogen-bond acceptors (Lipinski definition) is 2. The van der Waals surface area contributed by atoms with Gasteiger partial charge in [-0.15, -0.1) is 0 Å². The largest absolute Gasteiger partial charge is 0.394 e. The van der Waals surface area contributed by atoms with Crippen molar-refractivity contribution in [2.24, 2.45) is 0 Å². The van der Waals surface area contributed by atoms with Gasteiger partial charge >= 0.3 is 0 Å². The molecule has 1 fully saturated rings. The van der Waals surface area contributed by atoms with Gasteiger partial charge in [-0.3, -0.25) is 0 Å². The van der Waals surface area contributed by atoms with Gasteiger partial charge in [-0.05, 0) is 30.5 Å². The van der Waals surface area contributed by atoms with Gasteiger partial charge in [0.1, 0.15) is 11.6 Å². The maximum absolute atomic E-state index is 12.8. The SMILES string of the molecule is OCC1(NCc2cc(F)cc(F)c2)CC1. The zero-order valence-corrected chi connectivity index (χ0v) is 8.26. The van der Waals surface area contributed by atoms with Gasteiger partial charge < -0.3 is 10.4 Å².